The molecular formula is C15H9FN2O2S. The minimum absolute atomic E-state index is 0.0902. The number of carbonyl (C=O) groups is 1. The summed E-state index contributed by atoms with van der Waals surface area (Å²) in [5, 5.41) is 9.65. The topological polar surface area (TPSA) is 63.1 Å². The summed E-state index contributed by atoms with van der Waals surface area (Å²) in [6.45, 7) is 0. The molecule has 0 saturated carbocycles. The molecule has 2 aromatic heterocycles. The number of carboxylic acids is 1. The first-order chi connectivity index (χ1) is 10.2. The maximum absolute atomic E-state index is 13.8. The molecule has 0 saturated heterocycles. The lowest BCUT2D eigenvalue weighted by atomic mass is 10.1. The molecule has 0 spiro atoms. The predicted octanol–water partition coefficient (Wildman–Crippen LogP) is 3.71. The van der Waals surface area contributed by atoms with Gasteiger partial charge < -0.3 is 5.11 Å². The predicted molar refractivity (Wildman–Crippen MR) is 77.7 cm³/mol. The number of aromatic carboxylic acids is 1. The van der Waals surface area contributed by atoms with Gasteiger partial charge in [0.2, 0.25) is 0 Å². The summed E-state index contributed by atoms with van der Waals surface area (Å²) in [6, 6.07) is 10.5. The molecule has 0 radical (unpaired) electrons. The number of thiazole rings is 1. The summed E-state index contributed by atoms with van der Waals surface area (Å²) in [6.07, 6.45) is 2.53. The first-order valence-corrected chi connectivity index (χ1v) is 6.88. The molecule has 2 heterocycles. The van der Waals surface area contributed by atoms with Crippen LogP contribution in [0.1, 0.15) is 9.67 Å². The van der Waals surface area contributed by atoms with Crippen molar-refractivity contribution in [3.63, 3.8) is 0 Å². The van der Waals surface area contributed by atoms with Gasteiger partial charge in [0.25, 0.3) is 0 Å². The Hall–Kier alpha value is -2.60. The van der Waals surface area contributed by atoms with E-state index in [1.165, 1.54) is 12.3 Å². The summed E-state index contributed by atoms with van der Waals surface area (Å²) < 4.78 is 13.8. The zero-order valence-electron chi connectivity index (χ0n) is 10.7. The smallest absolute Gasteiger partial charge is 0.348 e. The first-order valence-electron chi connectivity index (χ1n) is 6.06. The van der Waals surface area contributed by atoms with E-state index in [1.54, 1.807) is 24.3 Å². The van der Waals surface area contributed by atoms with Crippen LogP contribution in [0, 0.1) is 5.82 Å². The number of nitrogens with zero attached hydrogens (tertiary/aromatic N) is 2. The number of rotatable bonds is 3. The number of halogens is 1. The van der Waals surface area contributed by atoms with Crippen LogP contribution in [-0.2, 0) is 0 Å². The number of carboxylic acid groups (broad SMARTS) is 1. The fourth-order valence-corrected chi connectivity index (χ4v) is 2.87. The Kier molecular flexibility index (Phi) is 3.45. The molecule has 21 heavy (non-hydrogen) atoms. The van der Waals surface area contributed by atoms with Crippen LogP contribution in [-0.4, -0.2) is 21.0 Å². The van der Waals surface area contributed by atoms with E-state index < -0.39 is 11.8 Å². The van der Waals surface area contributed by atoms with Gasteiger partial charge in [0.15, 0.2) is 5.82 Å². The van der Waals surface area contributed by atoms with Crippen molar-refractivity contribution < 1.29 is 14.3 Å². The molecule has 0 atom stereocenters. The van der Waals surface area contributed by atoms with Crippen molar-refractivity contribution >= 4 is 17.3 Å². The monoisotopic (exact) mass is 300 g/mol. The van der Waals surface area contributed by atoms with Crippen LogP contribution in [0.5, 0.6) is 0 Å². The standard InChI is InChI=1S/C15H9FN2O2S/c16-11-8-17-7-6-10(11)14-18-12(13(21-14)15(19)20)9-4-2-1-3-5-9/h1-8H,(H,19,20). The average molecular weight is 300 g/mol. The molecule has 0 fully saturated rings. The van der Waals surface area contributed by atoms with Gasteiger partial charge in [-0.25, -0.2) is 14.2 Å². The van der Waals surface area contributed by atoms with Crippen molar-refractivity contribution in [3.8, 4) is 21.8 Å². The fourth-order valence-electron chi connectivity index (χ4n) is 1.92. The highest BCUT2D eigenvalue weighted by Crippen LogP contribution is 2.34. The maximum atomic E-state index is 13.8. The summed E-state index contributed by atoms with van der Waals surface area (Å²) in [4.78, 5) is 19.5. The lowest BCUT2D eigenvalue weighted by Crippen LogP contribution is -1.95. The Bertz CT molecular complexity index is 802. The van der Waals surface area contributed by atoms with Crippen LogP contribution in [0.15, 0.2) is 48.8 Å². The fraction of sp³-hybridized carbons (Fsp3) is 0. The Morgan fingerprint density at radius 1 is 1.19 bits per heavy atom. The van der Waals surface area contributed by atoms with Crippen LogP contribution in [0.2, 0.25) is 0 Å². The van der Waals surface area contributed by atoms with Crippen LogP contribution in [0.25, 0.3) is 21.8 Å². The lowest BCUT2D eigenvalue weighted by molar-refractivity contribution is 0.0702. The minimum atomic E-state index is -1.08. The molecule has 104 valence electrons. The second-order valence-electron chi connectivity index (χ2n) is 4.22. The van der Waals surface area contributed by atoms with Crippen molar-refractivity contribution in [2.45, 2.75) is 0 Å². The van der Waals surface area contributed by atoms with E-state index in [1.807, 2.05) is 6.07 Å². The van der Waals surface area contributed by atoms with Crippen LogP contribution < -0.4 is 0 Å². The average Bonchev–Trinajstić information content (AvgIpc) is 2.94. The number of benzene rings is 1. The highest BCUT2D eigenvalue weighted by molar-refractivity contribution is 7.17. The van der Waals surface area contributed by atoms with Crippen molar-refractivity contribution in [1.82, 2.24) is 9.97 Å². The molecule has 0 aliphatic heterocycles. The normalized spacial score (nSPS) is 10.5. The molecule has 0 aliphatic rings. The number of hydrogen-bond acceptors (Lipinski definition) is 4. The quantitative estimate of drug-likeness (QED) is 0.801. The minimum Gasteiger partial charge on any atom is -0.477 e. The third-order valence-corrected chi connectivity index (χ3v) is 3.95. The Morgan fingerprint density at radius 3 is 2.62 bits per heavy atom. The van der Waals surface area contributed by atoms with E-state index in [0.29, 0.717) is 16.3 Å². The van der Waals surface area contributed by atoms with Gasteiger partial charge in [0, 0.05) is 17.3 Å². The largest absolute Gasteiger partial charge is 0.477 e. The first kappa shape index (κ1) is 13.4. The van der Waals surface area contributed by atoms with Gasteiger partial charge in [-0.2, -0.15) is 0 Å². The second-order valence-corrected chi connectivity index (χ2v) is 5.22. The van der Waals surface area contributed by atoms with Gasteiger partial charge in [0.05, 0.1) is 11.9 Å². The third-order valence-electron chi connectivity index (χ3n) is 2.87. The van der Waals surface area contributed by atoms with E-state index >= 15 is 0 Å². The lowest BCUT2D eigenvalue weighted by Gasteiger charge is -1.98. The Balaban J connectivity index is 2.18. The molecule has 0 amide bonds. The van der Waals surface area contributed by atoms with E-state index in [2.05, 4.69) is 9.97 Å². The molecular weight excluding hydrogens is 291 g/mol. The molecule has 3 aromatic rings. The maximum Gasteiger partial charge on any atom is 0.348 e. The van der Waals surface area contributed by atoms with E-state index in [4.69, 9.17) is 0 Å². The van der Waals surface area contributed by atoms with Gasteiger partial charge in [-0.1, -0.05) is 30.3 Å². The van der Waals surface area contributed by atoms with E-state index in [0.717, 1.165) is 17.5 Å². The van der Waals surface area contributed by atoms with Crippen molar-refractivity contribution in [2.24, 2.45) is 0 Å². The SMILES string of the molecule is O=C(O)c1sc(-c2ccncc2F)nc1-c1ccccc1. The second kappa shape index (κ2) is 5.41. The summed E-state index contributed by atoms with van der Waals surface area (Å²) in [5.41, 5.74) is 1.28. The molecule has 0 bridgehead atoms. The molecule has 1 N–H and O–H groups in total. The van der Waals surface area contributed by atoms with Crippen molar-refractivity contribution in [3.05, 3.63) is 59.5 Å². The van der Waals surface area contributed by atoms with Crippen LogP contribution in [0.3, 0.4) is 0 Å². The Morgan fingerprint density at radius 2 is 1.95 bits per heavy atom. The van der Waals surface area contributed by atoms with Crippen molar-refractivity contribution in [1.29, 1.82) is 0 Å². The van der Waals surface area contributed by atoms with E-state index in [9.17, 15) is 14.3 Å². The van der Waals surface area contributed by atoms with Crippen LogP contribution in [0.4, 0.5) is 4.39 Å². The van der Waals surface area contributed by atoms with Gasteiger partial charge in [0.1, 0.15) is 9.88 Å². The molecule has 4 nitrogen and oxygen atoms in total. The van der Waals surface area contributed by atoms with Gasteiger partial charge in [-0.15, -0.1) is 11.3 Å². The van der Waals surface area contributed by atoms with Gasteiger partial charge >= 0.3 is 5.97 Å². The molecule has 0 unspecified atom stereocenters. The van der Waals surface area contributed by atoms with Gasteiger partial charge in [-0.05, 0) is 6.07 Å². The third kappa shape index (κ3) is 2.53. The Labute approximate surface area is 123 Å². The molecule has 3 rings (SSSR count). The molecule has 6 heteroatoms. The number of hydrogen-bond donors (Lipinski definition) is 1. The highest BCUT2D eigenvalue weighted by Gasteiger charge is 2.20. The number of aromatic nitrogens is 2. The summed E-state index contributed by atoms with van der Waals surface area (Å²) in [7, 11) is 0. The highest BCUT2D eigenvalue weighted by atomic mass is 32.1. The van der Waals surface area contributed by atoms with Crippen molar-refractivity contribution in [2.75, 3.05) is 0 Å². The van der Waals surface area contributed by atoms with Crippen LogP contribution >= 0.6 is 11.3 Å². The summed E-state index contributed by atoms with van der Waals surface area (Å²) >= 11 is 0.951. The zero-order chi connectivity index (χ0) is 14.8. The molecule has 1 aromatic carbocycles. The zero-order valence-corrected chi connectivity index (χ0v) is 11.5. The van der Waals surface area contributed by atoms with Gasteiger partial charge in [-0.3, -0.25) is 4.98 Å². The van der Waals surface area contributed by atoms with E-state index in [-0.39, 0.29) is 10.4 Å². The molecule has 0 aliphatic carbocycles. The summed E-state index contributed by atoms with van der Waals surface area (Å²) in [5.74, 6) is -1.60. The number of pyridine rings is 1.